The van der Waals surface area contributed by atoms with Gasteiger partial charge in [-0.2, -0.15) is 0 Å². The number of benzene rings is 1. The molecule has 0 radical (unpaired) electrons. The lowest BCUT2D eigenvalue weighted by molar-refractivity contribution is -0.133. The molecule has 1 saturated heterocycles. The Labute approximate surface area is 121 Å². The van der Waals surface area contributed by atoms with Crippen LogP contribution in [0.4, 0.5) is 5.69 Å². The number of nitrogens with zero attached hydrogens (tertiary/aromatic N) is 1. The summed E-state index contributed by atoms with van der Waals surface area (Å²) in [7, 11) is 1.62. The SMILES string of the molecule is COc1ccc(NCC(=O)N2CCOCC2)cc1Br. The number of hydrogen-bond acceptors (Lipinski definition) is 4. The van der Waals surface area contributed by atoms with E-state index in [0.717, 1.165) is 15.9 Å². The van der Waals surface area contributed by atoms with E-state index in [1.54, 1.807) is 7.11 Å². The van der Waals surface area contributed by atoms with Crippen LogP contribution in [0.25, 0.3) is 0 Å². The summed E-state index contributed by atoms with van der Waals surface area (Å²) >= 11 is 3.41. The molecule has 2 rings (SSSR count). The quantitative estimate of drug-likeness (QED) is 0.914. The molecule has 1 fully saturated rings. The molecular weight excluding hydrogens is 312 g/mol. The van der Waals surface area contributed by atoms with Gasteiger partial charge in [-0.15, -0.1) is 0 Å². The average Bonchev–Trinajstić information content (AvgIpc) is 2.46. The summed E-state index contributed by atoms with van der Waals surface area (Å²) in [6.07, 6.45) is 0. The van der Waals surface area contributed by atoms with Crippen LogP contribution in [0.5, 0.6) is 5.75 Å². The number of carbonyl (C=O) groups is 1. The summed E-state index contributed by atoms with van der Waals surface area (Å²) in [5, 5.41) is 3.12. The van der Waals surface area contributed by atoms with Crippen LogP contribution < -0.4 is 10.1 Å². The zero-order valence-corrected chi connectivity index (χ0v) is 12.4. The number of carbonyl (C=O) groups excluding carboxylic acids is 1. The molecule has 19 heavy (non-hydrogen) atoms. The Morgan fingerprint density at radius 3 is 2.84 bits per heavy atom. The van der Waals surface area contributed by atoms with Crippen molar-refractivity contribution < 1.29 is 14.3 Å². The molecule has 1 aliphatic rings. The maximum absolute atomic E-state index is 12.0. The summed E-state index contributed by atoms with van der Waals surface area (Å²) < 4.78 is 11.2. The first-order valence-corrected chi connectivity index (χ1v) is 6.93. The van der Waals surface area contributed by atoms with Crippen LogP contribution in [0.15, 0.2) is 22.7 Å². The molecule has 1 heterocycles. The van der Waals surface area contributed by atoms with Gasteiger partial charge in [0.25, 0.3) is 0 Å². The van der Waals surface area contributed by atoms with Crippen LogP contribution in [0.2, 0.25) is 0 Å². The predicted molar refractivity (Wildman–Crippen MR) is 76.6 cm³/mol. The molecule has 0 bridgehead atoms. The Kier molecular flexibility index (Phi) is 5.04. The van der Waals surface area contributed by atoms with E-state index in [9.17, 15) is 4.79 Å². The van der Waals surface area contributed by atoms with Crippen molar-refractivity contribution in [3.8, 4) is 5.75 Å². The molecule has 1 aromatic rings. The van der Waals surface area contributed by atoms with Crippen molar-refractivity contribution in [3.05, 3.63) is 22.7 Å². The van der Waals surface area contributed by atoms with E-state index in [1.807, 2.05) is 23.1 Å². The number of hydrogen-bond donors (Lipinski definition) is 1. The molecular formula is C13H17BrN2O3. The lowest BCUT2D eigenvalue weighted by Gasteiger charge is -2.27. The van der Waals surface area contributed by atoms with Gasteiger partial charge in [-0.05, 0) is 34.1 Å². The second-order valence-electron chi connectivity index (χ2n) is 4.20. The Morgan fingerprint density at radius 2 is 2.21 bits per heavy atom. The van der Waals surface area contributed by atoms with Crippen LogP contribution in [-0.4, -0.2) is 50.8 Å². The maximum Gasteiger partial charge on any atom is 0.242 e. The Hall–Kier alpha value is -1.27. The van der Waals surface area contributed by atoms with Gasteiger partial charge in [-0.3, -0.25) is 4.79 Å². The monoisotopic (exact) mass is 328 g/mol. The van der Waals surface area contributed by atoms with Gasteiger partial charge < -0.3 is 19.7 Å². The van der Waals surface area contributed by atoms with Crippen LogP contribution in [0, 0.1) is 0 Å². The molecule has 1 aromatic carbocycles. The van der Waals surface area contributed by atoms with Crippen molar-refractivity contribution in [3.63, 3.8) is 0 Å². The van der Waals surface area contributed by atoms with Gasteiger partial charge in [0.05, 0.1) is 31.3 Å². The summed E-state index contributed by atoms with van der Waals surface area (Å²) in [5.74, 6) is 0.861. The minimum atomic E-state index is 0.0928. The first kappa shape index (κ1) is 14.1. The standard InChI is InChI=1S/C13H17BrN2O3/c1-18-12-3-2-10(8-11(12)14)15-9-13(17)16-4-6-19-7-5-16/h2-3,8,15H,4-7,9H2,1H3. The van der Waals surface area contributed by atoms with Crippen LogP contribution in [0.1, 0.15) is 0 Å². The molecule has 1 aliphatic heterocycles. The highest BCUT2D eigenvalue weighted by Crippen LogP contribution is 2.27. The summed E-state index contributed by atoms with van der Waals surface area (Å²) in [4.78, 5) is 13.8. The number of amides is 1. The molecule has 0 unspecified atom stereocenters. The maximum atomic E-state index is 12.0. The first-order valence-electron chi connectivity index (χ1n) is 6.13. The van der Waals surface area contributed by atoms with Crippen molar-refractivity contribution in [1.82, 2.24) is 4.90 Å². The lowest BCUT2D eigenvalue weighted by atomic mass is 10.3. The van der Waals surface area contributed by atoms with Crippen LogP contribution in [-0.2, 0) is 9.53 Å². The number of nitrogens with one attached hydrogen (secondary N) is 1. The molecule has 0 atom stereocenters. The minimum absolute atomic E-state index is 0.0928. The third-order valence-corrected chi connectivity index (χ3v) is 3.58. The van der Waals surface area contributed by atoms with Gasteiger partial charge in [0.2, 0.25) is 5.91 Å². The van der Waals surface area contributed by atoms with Crippen molar-refractivity contribution in [2.45, 2.75) is 0 Å². The number of rotatable bonds is 4. The molecule has 5 nitrogen and oxygen atoms in total. The van der Waals surface area contributed by atoms with Crippen LogP contribution >= 0.6 is 15.9 Å². The molecule has 0 spiro atoms. The van der Waals surface area contributed by atoms with E-state index in [0.29, 0.717) is 32.8 Å². The van der Waals surface area contributed by atoms with Gasteiger partial charge in [0, 0.05) is 18.8 Å². The van der Waals surface area contributed by atoms with E-state index < -0.39 is 0 Å². The van der Waals surface area contributed by atoms with Crippen molar-refractivity contribution in [2.24, 2.45) is 0 Å². The van der Waals surface area contributed by atoms with E-state index in [4.69, 9.17) is 9.47 Å². The third-order valence-electron chi connectivity index (χ3n) is 2.96. The fourth-order valence-corrected chi connectivity index (χ4v) is 2.42. The third kappa shape index (κ3) is 3.84. The number of morpholine rings is 1. The van der Waals surface area contributed by atoms with Gasteiger partial charge in [0.15, 0.2) is 0 Å². The highest BCUT2D eigenvalue weighted by Gasteiger charge is 2.16. The largest absolute Gasteiger partial charge is 0.496 e. The van der Waals surface area contributed by atoms with Crippen LogP contribution in [0.3, 0.4) is 0 Å². The number of methoxy groups -OCH3 is 1. The van der Waals surface area contributed by atoms with Gasteiger partial charge >= 0.3 is 0 Å². The van der Waals surface area contributed by atoms with E-state index in [2.05, 4.69) is 21.2 Å². The molecule has 1 N–H and O–H groups in total. The highest BCUT2D eigenvalue weighted by molar-refractivity contribution is 9.10. The topological polar surface area (TPSA) is 50.8 Å². The number of halogens is 1. The number of anilines is 1. The Morgan fingerprint density at radius 1 is 1.47 bits per heavy atom. The van der Waals surface area contributed by atoms with Crippen molar-refractivity contribution in [1.29, 1.82) is 0 Å². The predicted octanol–water partition coefficient (Wildman–Crippen LogP) is 1.73. The average molecular weight is 329 g/mol. The van der Waals surface area contributed by atoms with Gasteiger partial charge in [-0.1, -0.05) is 0 Å². The number of ether oxygens (including phenoxy) is 2. The molecule has 0 saturated carbocycles. The van der Waals surface area contributed by atoms with Gasteiger partial charge in [0.1, 0.15) is 5.75 Å². The zero-order valence-electron chi connectivity index (χ0n) is 10.8. The van der Waals surface area contributed by atoms with Crippen molar-refractivity contribution >= 4 is 27.5 Å². The molecule has 6 heteroatoms. The highest BCUT2D eigenvalue weighted by atomic mass is 79.9. The second kappa shape index (κ2) is 6.77. The smallest absolute Gasteiger partial charge is 0.242 e. The summed E-state index contributed by atoms with van der Waals surface area (Å²) in [5.41, 5.74) is 0.884. The summed E-state index contributed by atoms with van der Waals surface area (Å²) in [6.45, 7) is 2.89. The second-order valence-corrected chi connectivity index (χ2v) is 5.05. The Balaban J connectivity index is 1.87. The molecule has 1 amide bonds. The van der Waals surface area contributed by atoms with Gasteiger partial charge in [-0.25, -0.2) is 0 Å². The van der Waals surface area contributed by atoms with E-state index in [1.165, 1.54) is 0 Å². The zero-order chi connectivity index (χ0) is 13.7. The van der Waals surface area contributed by atoms with Crippen molar-refractivity contribution in [2.75, 3.05) is 45.3 Å². The fourth-order valence-electron chi connectivity index (χ4n) is 1.88. The molecule has 0 aliphatic carbocycles. The van der Waals surface area contributed by atoms with E-state index in [-0.39, 0.29) is 5.91 Å². The first-order chi connectivity index (χ1) is 9.20. The van der Waals surface area contributed by atoms with E-state index >= 15 is 0 Å². The molecule has 104 valence electrons. The normalized spacial score (nSPS) is 15.2. The minimum Gasteiger partial charge on any atom is -0.496 e. The Bertz CT molecular complexity index is 448. The fraction of sp³-hybridized carbons (Fsp3) is 0.462. The lowest BCUT2D eigenvalue weighted by Crippen LogP contribution is -2.43. The molecule has 0 aromatic heterocycles. The summed E-state index contributed by atoms with van der Waals surface area (Å²) in [6, 6.07) is 5.63.